The second kappa shape index (κ2) is 6.46. The summed E-state index contributed by atoms with van der Waals surface area (Å²) in [5.74, 6) is -0.746. The maximum Gasteiger partial charge on any atom is 0.241 e. The Morgan fingerprint density at radius 3 is 2.78 bits per heavy atom. The van der Waals surface area contributed by atoms with Crippen LogP contribution in [0.4, 0.5) is 0 Å². The number of hydrogen-bond acceptors (Lipinski definition) is 5. The van der Waals surface area contributed by atoms with Gasteiger partial charge in [0.1, 0.15) is 6.04 Å². The van der Waals surface area contributed by atoms with Crippen molar-refractivity contribution in [3.05, 3.63) is 0 Å². The van der Waals surface area contributed by atoms with Crippen LogP contribution in [0.5, 0.6) is 0 Å². The van der Waals surface area contributed by atoms with E-state index in [-0.39, 0.29) is 37.5 Å². The minimum Gasteiger partial charge on any atom is -0.395 e. The number of hydrogen-bond donors (Lipinski definition) is 2. The van der Waals surface area contributed by atoms with Gasteiger partial charge in [-0.2, -0.15) is 4.31 Å². The number of aliphatic hydroxyl groups is 1. The molecule has 0 aromatic heterocycles. The van der Waals surface area contributed by atoms with Crippen molar-refractivity contribution in [2.75, 3.05) is 32.1 Å². The Hall–Kier alpha value is -0.700. The molecule has 1 unspecified atom stereocenters. The normalized spacial score (nSPS) is 22.1. The average molecular weight is 280 g/mol. The van der Waals surface area contributed by atoms with Gasteiger partial charge in [0.25, 0.3) is 0 Å². The molecule has 0 spiro atoms. The van der Waals surface area contributed by atoms with E-state index in [0.717, 1.165) is 4.31 Å². The zero-order valence-corrected chi connectivity index (χ0v) is 11.4. The predicted molar refractivity (Wildman–Crippen MR) is 65.5 cm³/mol. The molecule has 0 radical (unpaired) electrons. The molecule has 18 heavy (non-hydrogen) atoms. The molecule has 2 N–H and O–H groups in total. The third-order valence-corrected chi connectivity index (χ3v) is 4.37. The maximum atomic E-state index is 11.9. The van der Waals surface area contributed by atoms with Gasteiger partial charge < -0.3 is 15.2 Å². The van der Waals surface area contributed by atoms with Gasteiger partial charge in [-0.3, -0.25) is 4.79 Å². The summed E-state index contributed by atoms with van der Waals surface area (Å²) in [6, 6.07) is -0.917. The number of sulfonamides is 1. The molecule has 0 aromatic rings. The van der Waals surface area contributed by atoms with Crippen molar-refractivity contribution in [3.63, 3.8) is 0 Å². The van der Waals surface area contributed by atoms with Crippen molar-refractivity contribution in [1.29, 1.82) is 0 Å². The van der Waals surface area contributed by atoms with Crippen LogP contribution in [0.3, 0.4) is 0 Å². The molecule has 0 bridgehead atoms. The first kappa shape index (κ1) is 15.4. The fourth-order valence-electron chi connectivity index (χ4n) is 1.74. The monoisotopic (exact) mass is 280 g/mol. The van der Waals surface area contributed by atoms with E-state index in [4.69, 9.17) is 9.84 Å². The number of carbonyl (C=O) groups excluding carboxylic acids is 1. The summed E-state index contributed by atoms with van der Waals surface area (Å²) in [5.41, 5.74) is 0. The summed E-state index contributed by atoms with van der Waals surface area (Å²) in [4.78, 5) is 11.9. The summed E-state index contributed by atoms with van der Waals surface area (Å²) in [7, 11) is -3.62. The minimum absolute atomic E-state index is 0.0449. The van der Waals surface area contributed by atoms with E-state index in [1.165, 1.54) is 0 Å². The maximum absolute atomic E-state index is 11.9. The summed E-state index contributed by atoms with van der Waals surface area (Å²) >= 11 is 0. The molecule has 1 aliphatic heterocycles. The fraction of sp³-hybridized carbons (Fsp3) is 0.900. The van der Waals surface area contributed by atoms with Crippen molar-refractivity contribution in [2.45, 2.75) is 25.9 Å². The molecule has 1 aliphatic rings. The smallest absolute Gasteiger partial charge is 0.241 e. The zero-order chi connectivity index (χ0) is 13.8. The van der Waals surface area contributed by atoms with Gasteiger partial charge in [0, 0.05) is 12.6 Å². The Bertz CT molecular complexity index is 382. The van der Waals surface area contributed by atoms with Crippen molar-refractivity contribution in [3.8, 4) is 0 Å². The second-order valence-electron chi connectivity index (χ2n) is 4.40. The van der Waals surface area contributed by atoms with Crippen molar-refractivity contribution in [2.24, 2.45) is 0 Å². The van der Waals surface area contributed by atoms with E-state index in [2.05, 4.69) is 5.32 Å². The van der Waals surface area contributed by atoms with E-state index >= 15 is 0 Å². The Morgan fingerprint density at radius 1 is 1.56 bits per heavy atom. The molecule has 0 saturated carbocycles. The first-order valence-electron chi connectivity index (χ1n) is 5.87. The van der Waals surface area contributed by atoms with E-state index in [1.54, 1.807) is 13.8 Å². The van der Waals surface area contributed by atoms with Crippen LogP contribution in [0.2, 0.25) is 0 Å². The third-order valence-electron chi connectivity index (χ3n) is 2.52. The Labute approximate surface area is 107 Å². The summed E-state index contributed by atoms with van der Waals surface area (Å²) < 4.78 is 30.1. The van der Waals surface area contributed by atoms with E-state index in [1.807, 2.05) is 0 Å². The zero-order valence-electron chi connectivity index (χ0n) is 10.6. The predicted octanol–water partition coefficient (Wildman–Crippen LogP) is -1.47. The van der Waals surface area contributed by atoms with Crippen molar-refractivity contribution < 1.29 is 23.1 Å². The SMILES string of the molecule is CC(C)NC(=O)C1COCCN1S(=O)(=O)CCO. The Morgan fingerprint density at radius 2 is 2.22 bits per heavy atom. The molecule has 1 amide bonds. The Kier molecular flexibility index (Phi) is 5.51. The van der Waals surface area contributed by atoms with Crippen LogP contribution in [0.1, 0.15) is 13.8 Å². The van der Waals surface area contributed by atoms with Gasteiger partial charge in [0.15, 0.2) is 0 Å². The van der Waals surface area contributed by atoms with Crippen LogP contribution >= 0.6 is 0 Å². The number of aliphatic hydroxyl groups excluding tert-OH is 1. The lowest BCUT2D eigenvalue weighted by molar-refractivity contribution is -0.129. The molecular formula is C10H20N2O5S. The molecule has 106 valence electrons. The van der Waals surface area contributed by atoms with Gasteiger partial charge in [0.2, 0.25) is 15.9 Å². The highest BCUT2D eigenvalue weighted by molar-refractivity contribution is 7.89. The van der Waals surface area contributed by atoms with E-state index in [0.29, 0.717) is 0 Å². The molecule has 1 saturated heterocycles. The van der Waals surface area contributed by atoms with Crippen LogP contribution in [-0.2, 0) is 19.6 Å². The van der Waals surface area contributed by atoms with Gasteiger partial charge in [-0.25, -0.2) is 8.42 Å². The molecule has 1 rings (SSSR count). The van der Waals surface area contributed by atoms with Crippen molar-refractivity contribution >= 4 is 15.9 Å². The van der Waals surface area contributed by atoms with Crippen LogP contribution < -0.4 is 5.32 Å². The lowest BCUT2D eigenvalue weighted by Gasteiger charge is -2.33. The van der Waals surface area contributed by atoms with Gasteiger partial charge in [0.05, 0.1) is 25.6 Å². The largest absolute Gasteiger partial charge is 0.395 e. The topological polar surface area (TPSA) is 95.9 Å². The van der Waals surface area contributed by atoms with E-state index < -0.39 is 22.7 Å². The lowest BCUT2D eigenvalue weighted by atomic mass is 10.2. The number of amides is 1. The third kappa shape index (κ3) is 3.91. The van der Waals surface area contributed by atoms with Gasteiger partial charge in [-0.15, -0.1) is 0 Å². The molecule has 8 heteroatoms. The van der Waals surface area contributed by atoms with Gasteiger partial charge >= 0.3 is 0 Å². The van der Waals surface area contributed by atoms with Gasteiger partial charge in [-0.1, -0.05) is 0 Å². The first-order chi connectivity index (χ1) is 8.38. The molecule has 0 aliphatic carbocycles. The molecule has 7 nitrogen and oxygen atoms in total. The summed E-state index contributed by atoms with van der Waals surface area (Å²) in [5, 5.41) is 11.4. The summed E-state index contributed by atoms with van der Waals surface area (Å²) in [6.45, 7) is 3.58. The molecule has 1 atom stereocenters. The number of rotatable bonds is 5. The number of ether oxygens (including phenoxy) is 1. The van der Waals surface area contributed by atoms with Crippen LogP contribution in [0.15, 0.2) is 0 Å². The van der Waals surface area contributed by atoms with Gasteiger partial charge in [-0.05, 0) is 13.8 Å². The minimum atomic E-state index is -3.62. The standard InChI is InChI=1S/C10H20N2O5S/c1-8(2)11-10(14)9-7-17-5-3-12(9)18(15,16)6-4-13/h8-9,13H,3-7H2,1-2H3,(H,11,14). The van der Waals surface area contributed by atoms with E-state index in [9.17, 15) is 13.2 Å². The number of morpholine rings is 1. The van der Waals surface area contributed by atoms with Crippen LogP contribution in [0.25, 0.3) is 0 Å². The number of nitrogens with one attached hydrogen (secondary N) is 1. The molecule has 1 heterocycles. The lowest BCUT2D eigenvalue weighted by Crippen LogP contribution is -2.57. The Balaban J connectivity index is 2.83. The first-order valence-corrected chi connectivity index (χ1v) is 7.48. The fourth-order valence-corrected chi connectivity index (χ4v) is 3.10. The highest BCUT2D eigenvalue weighted by Crippen LogP contribution is 2.13. The molecular weight excluding hydrogens is 260 g/mol. The van der Waals surface area contributed by atoms with Crippen molar-refractivity contribution in [1.82, 2.24) is 9.62 Å². The molecule has 0 aromatic carbocycles. The van der Waals surface area contributed by atoms with Crippen LogP contribution in [0, 0.1) is 0 Å². The van der Waals surface area contributed by atoms with Crippen LogP contribution in [-0.4, -0.2) is 67.9 Å². The molecule has 1 fully saturated rings. The number of carbonyl (C=O) groups is 1. The average Bonchev–Trinajstić information content (AvgIpc) is 2.28. The quantitative estimate of drug-likeness (QED) is 0.641. The summed E-state index contributed by atoms with van der Waals surface area (Å²) in [6.07, 6.45) is 0. The number of nitrogens with zero attached hydrogens (tertiary/aromatic N) is 1. The second-order valence-corrected chi connectivity index (χ2v) is 6.45. The highest BCUT2D eigenvalue weighted by atomic mass is 32.2. The highest BCUT2D eigenvalue weighted by Gasteiger charge is 2.37.